The van der Waals surface area contributed by atoms with Crippen molar-refractivity contribution in [1.82, 2.24) is 14.8 Å². The zero-order chi connectivity index (χ0) is 24.5. The number of carbonyl (C=O) groups excluding carboxylic acids is 1. The molecule has 0 aromatic carbocycles. The molecule has 5 nitrogen and oxygen atoms in total. The lowest BCUT2D eigenvalue weighted by Gasteiger charge is -2.59. The summed E-state index contributed by atoms with van der Waals surface area (Å²) < 4.78 is 28.2. The van der Waals surface area contributed by atoms with Crippen LogP contribution in [0.5, 0.6) is 0 Å². The second-order valence-electron chi connectivity index (χ2n) is 11.4. The Morgan fingerprint density at radius 1 is 1.31 bits per heavy atom. The van der Waals surface area contributed by atoms with Crippen LogP contribution in [0.4, 0.5) is 8.78 Å². The maximum Gasteiger partial charge on any atom is 0.242 e. The van der Waals surface area contributed by atoms with E-state index in [0.717, 1.165) is 30.5 Å². The van der Waals surface area contributed by atoms with Crippen molar-refractivity contribution in [2.45, 2.75) is 64.9 Å². The number of pyridine rings is 1. The SMILES string of the molecule is C[C@@]12CCC[C@H]1[C@@H]1CCC3=Cc4c(c(C(=O)SCF)nn4-c4ccc(F)nc4)C[C@]3(C)[C@H]1[C@@H](O)C2. The molecule has 6 atom stereocenters. The van der Waals surface area contributed by atoms with Gasteiger partial charge in [-0.2, -0.15) is 9.49 Å². The lowest BCUT2D eigenvalue weighted by Crippen LogP contribution is -2.55. The Bertz CT molecular complexity index is 1210. The van der Waals surface area contributed by atoms with Crippen LogP contribution >= 0.6 is 11.8 Å². The quantitative estimate of drug-likeness (QED) is 0.545. The van der Waals surface area contributed by atoms with Crippen LogP contribution in [0, 0.1) is 34.5 Å². The van der Waals surface area contributed by atoms with E-state index in [1.807, 2.05) is 0 Å². The van der Waals surface area contributed by atoms with Crippen molar-refractivity contribution in [2.24, 2.45) is 28.6 Å². The highest BCUT2D eigenvalue weighted by Gasteiger charge is 2.60. The summed E-state index contributed by atoms with van der Waals surface area (Å²) in [6.45, 7) is 4.61. The summed E-state index contributed by atoms with van der Waals surface area (Å²) in [5.41, 5.74) is 3.59. The third kappa shape index (κ3) is 3.46. The molecular formula is C27H31F2N3O2S. The van der Waals surface area contributed by atoms with Crippen molar-refractivity contribution < 1.29 is 18.7 Å². The smallest absolute Gasteiger partial charge is 0.242 e. The number of fused-ring (bicyclic) bond motifs is 6. The molecule has 4 aliphatic rings. The molecule has 2 aromatic heterocycles. The highest BCUT2D eigenvalue weighted by Crippen LogP contribution is 2.65. The van der Waals surface area contributed by atoms with Crippen molar-refractivity contribution in [3.63, 3.8) is 0 Å². The summed E-state index contributed by atoms with van der Waals surface area (Å²) in [7, 11) is 0. The Kier molecular flexibility index (Phi) is 5.49. The number of aliphatic hydroxyl groups is 1. The van der Waals surface area contributed by atoms with Gasteiger partial charge in [0, 0.05) is 5.56 Å². The van der Waals surface area contributed by atoms with E-state index in [2.05, 4.69) is 30.0 Å². The predicted molar refractivity (Wildman–Crippen MR) is 131 cm³/mol. The zero-order valence-electron chi connectivity index (χ0n) is 20.1. The van der Waals surface area contributed by atoms with Gasteiger partial charge < -0.3 is 5.11 Å². The summed E-state index contributed by atoms with van der Waals surface area (Å²) in [4.78, 5) is 16.7. The third-order valence-corrected chi connectivity index (χ3v) is 10.2. The Morgan fingerprint density at radius 3 is 2.89 bits per heavy atom. The summed E-state index contributed by atoms with van der Waals surface area (Å²) in [6.07, 6.45) is 10.2. The first-order valence-electron chi connectivity index (χ1n) is 12.6. The number of aromatic nitrogens is 3. The van der Waals surface area contributed by atoms with E-state index in [1.54, 1.807) is 10.7 Å². The summed E-state index contributed by atoms with van der Waals surface area (Å²) in [5.74, 6) is 0.630. The minimum atomic E-state index is -0.819. The van der Waals surface area contributed by atoms with E-state index in [-0.39, 0.29) is 28.5 Å². The highest BCUT2D eigenvalue weighted by atomic mass is 32.2. The second kappa shape index (κ2) is 8.23. The number of allylic oxidation sites excluding steroid dienone is 1. The van der Waals surface area contributed by atoms with Crippen LogP contribution in [0.1, 0.15) is 74.1 Å². The van der Waals surface area contributed by atoms with Gasteiger partial charge in [0.1, 0.15) is 11.7 Å². The van der Waals surface area contributed by atoms with Crippen molar-refractivity contribution in [3.05, 3.63) is 46.8 Å². The molecule has 4 aliphatic carbocycles. The lowest BCUT2D eigenvalue weighted by atomic mass is 9.46. The average Bonchev–Trinajstić information content (AvgIpc) is 3.37. The first kappa shape index (κ1) is 23.3. The van der Waals surface area contributed by atoms with Crippen molar-refractivity contribution in [1.29, 1.82) is 0 Å². The van der Waals surface area contributed by atoms with Gasteiger partial charge in [0.05, 0.1) is 23.7 Å². The predicted octanol–water partition coefficient (Wildman–Crippen LogP) is 5.75. The molecule has 8 heteroatoms. The van der Waals surface area contributed by atoms with Crippen LogP contribution < -0.4 is 0 Å². The first-order chi connectivity index (χ1) is 16.7. The topological polar surface area (TPSA) is 68.0 Å². The zero-order valence-corrected chi connectivity index (χ0v) is 21.0. The molecule has 35 heavy (non-hydrogen) atoms. The summed E-state index contributed by atoms with van der Waals surface area (Å²) in [5, 5.41) is 15.7. The van der Waals surface area contributed by atoms with Gasteiger partial charge in [-0.05, 0) is 97.1 Å². The largest absolute Gasteiger partial charge is 0.393 e. The minimum absolute atomic E-state index is 0.124. The number of rotatable bonds is 3. The van der Waals surface area contributed by atoms with Crippen LogP contribution in [0.15, 0.2) is 23.9 Å². The molecule has 0 saturated heterocycles. The summed E-state index contributed by atoms with van der Waals surface area (Å²) >= 11 is 0.605. The molecular weight excluding hydrogens is 468 g/mol. The normalized spacial score (nSPS) is 35.5. The van der Waals surface area contributed by atoms with Crippen LogP contribution in [0.2, 0.25) is 0 Å². The number of aliphatic hydroxyl groups excluding tert-OH is 1. The number of hydrogen-bond acceptors (Lipinski definition) is 5. The molecule has 3 saturated carbocycles. The Balaban J connectivity index is 1.46. The minimum Gasteiger partial charge on any atom is -0.393 e. The fourth-order valence-corrected chi connectivity index (χ4v) is 8.64. The molecule has 0 unspecified atom stereocenters. The van der Waals surface area contributed by atoms with Crippen molar-refractivity contribution in [3.8, 4) is 5.69 Å². The lowest BCUT2D eigenvalue weighted by molar-refractivity contribution is -0.114. The van der Waals surface area contributed by atoms with Gasteiger partial charge in [-0.1, -0.05) is 25.8 Å². The molecule has 0 radical (unpaired) electrons. The van der Waals surface area contributed by atoms with Crippen LogP contribution in [-0.2, 0) is 6.42 Å². The number of halogens is 2. The number of nitrogens with zero attached hydrogens (tertiary/aromatic N) is 3. The van der Waals surface area contributed by atoms with E-state index in [9.17, 15) is 18.7 Å². The number of carbonyl (C=O) groups is 1. The van der Waals surface area contributed by atoms with E-state index < -0.39 is 17.1 Å². The van der Waals surface area contributed by atoms with Crippen molar-refractivity contribution >= 4 is 23.0 Å². The molecule has 6 rings (SSSR count). The second-order valence-corrected chi connectivity index (χ2v) is 12.3. The molecule has 3 fully saturated rings. The number of hydrogen-bond donors (Lipinski definition) is 1. The van der Waals surface area contributed by atoms with Gasteiger partial charge in [0.2, 0.25) is 11.1 Å². The Morgan fingerprint density at radius 2 is 2.14 bits per heavy atom. The summed E-state index contributed by atoms with van der Waals surface area (Å²) in [6, 6.07) is 2.03. The monoisotopic (exact) mass is 499 g/mol. The van der Waals surface area contributed by atoms with Crippen molar-refractivity contribution in [2.75, 3.05) is 6.01 Å². The number of thioether (sulfide) groups is 1. The highest BCUT2D eigenvalue weighted by molar-refractivity contribution is 8.14. The fraction of sp³-hybridized carbons (Fsp3) is 0.593. The molecule has 186 valence electrons. The Hall–Kier alpha value is -2.06. The van der Waals surface area contributed by atoms with Gasteiger partial charge >= 0.3 is 0 Å². The maximum atomic E-state index is 13.5. The fourth-order valence-electron chi connectivity index (χ4n) is 8.24. The molecule has 2 heterocycles. The van der Waals surface area contributed by atoms with E-state index in [4.69, 9.17) is 0 Å². The standard InChI is InChI=1S/C27H31F2N3O2S/c1-26-9-3-4-19(26)17-7-5-15-10-20-18(11-27(15,2)23(17)21(33)12-26)24(25(34)35-14-28)31-32(20)16-6-8-22(29)30-13-16/h6,8,10,13,17,19,21,23,33H,3-5,7,9,11-12,14H2,1-2H3/t17-,19-,21-,23+,26-,27-/m0/s1. The molecule has 2 aromatic rings. The molecule has 0 spiro atoms. The maximum absolute atomic E-state index is 13.5. The van der Waals surface area contributed by atoms with Gasteiger partial charge in [-0.3, -0.25) is 4.79 Å². The van der Waals surface area contributed by atoms with Gasteiger partial charge in [-0.15, -0.1) is 0 Å². The van der Waals surface area contributed by atoms with Gasteiger partial charge in [-0.25, -0.2) is 14.1 Å². The van der Waals surface area contributed by atoms with Crippen LogP contribution in [0.3, 0.4) is 0 Å². The molecule has 1 N–H and O–H groups in total. The van der Waals surface area contributed by atoms with Crippen LogP contribution in [-0.4, -0.2) is 37.1 Å². The molecule has 0 aliphatic heterocycles. The van der Waals surface area contributed by atoms with E-state index in [0.29, 0.717) is 35.7 Å². The van der Waals surface area contributed by atoms with Gasteiger partial charge in [0.15, 0.2) is 0 Å². The number of alkyl halides is 1. The van der Waals surface area contributed by atoms with E-state index in [1.165, 1.54) is 37.1 Å². The third-order valence-electron chi connectivity index (χ3n) is 9.66. The first-order valence-corrected chi connectivity index (χ1v) is 13.6. The molecule has 0 bridgehead atoms. The molecule has 0 amide bonds. The van der Waals surface area contributed by atoms with Gasteiger partial charge in [0.25, 0.3) is 0 Å². The van der Waals surface area contributed by atoms with Crippen LogP contribution in [0.25, 0.3) is 11.8 Å². The van der Waals surface area contributed by atoms with E-state index >= 15 is 0 Å². The average molecular weight is 500 g/mol. The Labute approximate surface area is 208 Å².